The molecule has 140 valence electrons. The summed E-state index contributed by atoms with van der Waals surface area (Å²) in [6.07, 6.45) is 1.84. The molecule has 4 aromatic rings. The first kappa shape index (κ1) is 17.7. The third-order valence-electron chi connectivity index (χ3n) is 4.68. The Bertz CT molecular complexity index is 1180. The summed E-state index contributed by atoms with van der Waals surface area (Å²) in [4.78, 5) is 17.3. The van der Waals surface area contributed by atoms with Crippen LogP contribution in [0, 0.1) is 13.8 Å². The van der Waals surface area contributed by atoms with E-state index in [-0.39, 0.29) is 5.91 Å². The van der Waals surface area contributed by atoms with E-state index in [9.17, 15) is 4.79 Å². The molecule has 0 spiro atoms. The highest BCUT2D eigenvalue weighted by Gasteiger charge is 2.12. The van der Waals surface area contributed by atoms with Crippen LogP contribution in [0.1, 0.15) is 21.5 Å². The smallest absolute Gasteiger partial charge is 0.255 e. The molecule has 1 N–H and O–H groups in total. The first-order valence-electron chi connectivity index (χ1n) is 8.93. The van der Waals surface area contributed by atoms with Gasteiger partial charge in [-0.05, 0) is 43.2 Å². The van der Waals surface area contributed by atoms with Gasteiger partial charge in [-0.2, -0.15) is 0 Å². The van der Waals surface area contributed by atoms with E-state index in [1.54, 1.807) is 17.7 Å². The predicted octanol–water partition coefficient (Wildman–Crippen LogP) is 4.27. The number of carbonyl (C=O) groups excluding carboxylic acids is 1. The Morgan fingerprint density at radius 1 is 1.04 bits per heavy atom. The third-order valence-corrected chi connectivity index (χ3v) is 4.68. The highest BCUT2D eigenvalue weighted by molar-refractivity contribution is 6.05. The second kappa shape index (κ2) is 7.15. The molecule has 0 aliphatic rings. The van der Waals surface area contributed by atoms with E-state index in [0.29, 0.717) is 11.4 Å². The number of hydrogen-bond acceptors (Lipinski definition) is 4. The number of hydrogen-bond donors (Lipinski definition) is 1. The maximum Gasteiger partial charge on any atom is 0.255 e. The zero-order chi connectivity index (χ0) is 19.7. The summed E-state index contributed by atoms with van der Waals surface area (Å²) in [6, 6.07) is 17.1. The lowest BCUT2D eigenvalue weighted by Crippen LogP contribution is -2.14. The van der Waals surface area contributed by atoms with E-state index in [1.807, 2.05) is 68.6 Å². The molecule has 6 nitrogen and oxygen atoms in total. The second-order valence-electron chi connectivity index (χ2n) is 6.60. The van der Waals surface area contributed by atoms with Gasteiger partial charge in [-0.15, -0.1) is 5.10 Å². The lowest BCUT2D eigenvalue weighted by atomic mass is 10.1. The molecule has 0 atom stereocenters. The quantitative estimate of drug-likeness (QED) is 0.581. The Morgan fingerprint density at radius 2 is 1.86 bits per heavy atom. The van der Waals surface area contributed by atoms with Crippen LogP contribution >= 0.6 is 0 Å². The average molecular weight is 372 g/mol. The number of ether oxygens (including phenoxy) is 1. The number of amides is 1. The van der Waals surface area contributed by atoms with Crippen molar-refractivity contribution in [2.45, 2.75) is 13.8 Å². The van der Waals surface area contributed by atoms with Gasteiger partial charge >= 0.3 is 0 Å². The summed E-state index contributed by atoms with van der Waals surface area (Å²) >= 11 is 0. The molecule has 0 unspecified atom stereocenters. The molecule has 0 aliphatic carbocycles. The van der Waals surface area contributed by atoms with Gasteiger partial charge in [-0.3, -0.25) is 4.79 Å². The number of methoxy groups -OCH3 is 1. The molecule has 0 radical (unpaired) electrons. The number of nitrogens with one attached hydrogen (secondary N) is 1. The molecule has 2 aromatic heterocycles. The summed E-state index contributed by atoms with van der Waals surface area (Å²) in [5, 5.41) is 7.36. The number of fused-ring (bicyclic) bond motifs is 1. The number of nitrogens with zero attached hydrogens (tertiary/aromatic N) is 3. The van der Waals surface area contributed by atoms with Crippen LogP contribution in [0.4, 0.5) is 5.69 Å². The van der Waals surface area contributed by atoms with Gasteiger partial charge in [0.2, 0.25) is 5.88 Å². The van der Waals surface area contributed by atoms with Crippen molar-refractivity contribution in [1.82, 2.24) is 14.6 Å². The van der Waals surface area contributed by atoms with Gasteiger partial charge in [-0.1, -0.05) is 30.3 Å². The van der Waals surface area contributed by atoms with Gasteiger partial charge in [0.25, 0.3) is 5.91 Å². The molecular weight excluding hydrogens is 352 g/mol. The van der Waals surface area contributed by atoms with Crippen molar-refractivity contribution in [2.24, 2.45) is 0 Å². The summed E-state index contributed by atoms with van der Waals surface area (Å²) in [5.41, 5.74) is 5.73. The van der Waals surface area contributed by atoms with E-state index >= 15 is 0 Å². The molecule has 0 bridgehead atoms. The zero-order valence-electron chi connectivity index (χ0n) is 15.9. The number of aryl methyl sites for hydroxylation is 2. The van der Waals surface area contributed by atoms with Crippen LogP contribution in [0.15, 0.2) is 60.8 Å². The van der Waals surface area contributed by atoms with Gasteiger partial charge in [-0.25, -0.2) is 9.50 Å². The lowest BCUT2D eigenvalue weighted by Gasteiger charge is -2.11. The standard InChI is InChI=1S/C22H20N4O2/c1-14-6-4-5-7-17(14)22(27)24-18-12-16(9-8-15(18)2)19-13-26-20(23-19)10-11-21(25-26)28-3/h4-13H,1-3H3,(H,24,27). The van der Waals surface area contributed by atoms with Gasteiger partial charge in [0.1, 0.15) is 0 Å². The average Bonchev–Trinajstić information content (AvgIpc) is 3.13. The van der Waals surface area contributed by atoms with Crippen molar-refractivity contribution in [1.29, 1.82) is 0 Å². The van der Waals surface area contributed by atoms with Gasteiger partial charge < -0.3 is 10.1 Å². The monoisotopic (exact) mass is 372 g/mol. The van der Waals surface area contributed by atoms with E-state index in [4.69, 9.17) is 4.74 Å². The summed E-state index contributed by atoms with van der Waals surface area (Å²) < 4.78 is 6.84. The van der Waals surface area contributed by atoms with Gasteiger partial charge in [0.05, 0.1) is 19.0 Å². The Morgan fingerprint density at radius 3 is 2.64 bits per heavy atom. The van der Waals surface area contributed by atoms with Crippen molar-refractivity contribution < 1.29 is 9.53 Å². The number of rotatable bonds is 4. The van der Waals surface area contributed by atoms with Crippen LogP contribution in [-0.2, 0) is 0 Å². The molecule has 0 saturated heterocycles. The van der Waals surface area contributed by atoms with Crippen LogP contribution < -0.4 is 10.1 Å². The predicted molar refractivity (Wildman–Crippen MR) is 109 cm³/mol. The number of carbonyl (C=O) groups is 1. The zero-order valence-corrected chi connectivity index (χ0v) is 15.9. The lowest BCUT2D eigenvalue weighted by molar-refractivity contribution is 0.102. The Balaban J connectivity index is 1.67. The number of benzene rings is 2. The first-order valence-corrected chi connectivity index (χ1v) is 8.93. The molecule has 2 aromatic carbocycles. The van der Waals surface area contributed by atoms with Gasteiger partial charge in [0.15, 0.2) is 5.65 Å². The minimum Gasteiger partial charge on any atom is -0.480 e. The highest BCUT2D eigenvalue weighted by Crippen LogP contribution is 2.26. The van der Waals surface area contributed by atoms with Crippen molar-refractivity contribution in [3.05, 3.63) is 77.5 Å². The maximum absolute atomic E-state index is 12.7. The summed E-state index contributed by atoms with van der Waals surface area (Å²) in [7, 11) is 1.58. The Kier molecular flexibility index (Phi) is 4.53. The highest BCUT2D eigenvalue weighted by atomic mass is 16.5. The maximum atomic E-state index is 12.7. The fraction of sp³-hybridized carbons (Fsp3) is 0.136. The van der Waals surface area contributed by atoms with Gasteiger partial charge in [0, 0.05) is 22.9 Å². The molecule has 4 rings (SSSR count). The first-order chi connectivity index (χ1) is 13.5. The number of anilines is 1. The summed E-state index contributed by atoms with van der Waals surface area (Å²) in [6.45, 7) is 3.89. The molecular formula is C22H20N4O2. The van der Waals surface area contributed by atoms with Crippen molar-refractivity contribution in [3.8, 4) is 17.1 Å². The van der Waals surface area contributed by atoms with Crippen LogP contribution in [0.2, 0.25) is 0 Å². The molecule has 2 heterocycles. The van der Waals surface area contributed by atoms with E-state index in [2.05, 4.69) is 15.4 Å². The second-order valence-corrected chi connectivity index (χ2v) is 6.60. The normalized spacial score (nSPS) is 10.8. The van der Waals surface area contributed by atoms with Crippen LogP contribution in [0.5, 0.6) is 5.88 Å². The Labute approximate surface area is 162 Å². The van der Waals surface area contributed by atoms with E-state index in [0.717, 1.165) is 33.7 Å². The fourth-order valence-corrected chi connectivity index (χ4v) is 3.05. The van der Waals surface area contributed by atoms with E-state index < -0.39 is 0 Å². The Hall–Kier alpha value is -3.67. The summed E-state index contributed by atoms with van der Waals surface area (Å²) in [5.74, 6) is 0.395. The van der Waals surface area contributed by atoms with Crippen LogP contribution in [0.25, 0.3) is 16.9 Å². The van der Waals surface area contributed by atoms with Crippen LogP contribution in [0.3, 0.4) is 0 Å². The number of aromatic nitrogens is 3. The topological polar surface area (TPSA) is 68.5 Å². The molecule has 0 fully saturated rings. The van der Waals surface area contributed by atoms with Crippen molar-refractivity contribution in [2.75, 3.05) is 12.4 Å². The third kappa shape index (κ3) is 3.32. The molecule has 0 aliphatic heterocycles. The molecule has 1 amide bonds. The minimum absolute atomic E-state index is 0.125. The number of imidazole rings is 1. The molecule has 6 heteroatoms. The van der Waals surface area contributed by atoms with Crippen molar-refractivity contribution >= 4 is 17.2 Å². The van der Waals surface area contributed by atoms with Crippen LogP contribution in [-0.4, -0.2) is 27.6 Å². The molecule has 0 saturated carbocycles. The SMILES string of the molecule is COc1ccc2nc(-c3ccc(C)c(NC(=O)c4ccccc4C)c3)cn2n1. The largest absolute Gasteiger partial charge is 0.480 e. The fourth-order valence-electron chi connectivity index (χ4n) is 3.05. The van der Waals surface area contributed by atoms with Crippen molar-refractivity contribution in [3.63, 3.8) is 0 Å². The minimum atomic E-state index is -0.125. The van der Waals surface area contributed by atoms with E-state index in [1.165, 1.54) is 0 Å². The molecule has 28 heavy (non-hydrogen) atoms.